The first kappa shape index (κ1) is 12.7. The summed E-state index contributed by atoms with van der Waals surface area (Å²) in [5.41, 5.74) is 4.36. The average molecular weight is 263 g/mol. The highest BCUT2D eigenvalue weighted by molar-refractivity contribution is 5.55. The first-order valence-electron chi connectivity index (χ1n) is 6.89. The Bertz CT molecular complexity index is 628. The Labute approximate surface area is 119 Å². The van der Waals surface area contributed by atoms with Crippen LogP contribution in [0, 0.1) is 11.3 Å². The van der Waals surface area contributed by atoms with Gasteiger partial charge in [-0.3, -0.25) is 0 Å². The molecule has 0 bridgehead atoms. The predicted molar refractivity (Wildman–Crippen MR) is 80.4 cm³/mol. The number of hydrogen-bond donors (Lipinski definition) is 2. The molecule has 1 aliphatic rings. The molecule has 0 aromatic heterocycles. The molecule has 2 aromatic carbocycles. The topological polar surface area (TPSA) is 47.9 Å². The maximum absolute atomic E-state index is 8.97. The van der Waals surface area contributed by atoms with Gasteiger partial charge in [0, 0.05) is 24.8 Å². The minimum atomic E-state index is 0.398. The van der Waals surface area contributed by atoms with Crippen LogP contribution in [0.15, 0.2) is 48.5 Å². The van der Waals surface area contributed by atoms with Crippen LogP contribution in [0.4, 0.5) is 5.69 Å². The van der Waals surface area contributed by atoms with Crippen molar-refractivity contribution in [1.82, 2.24) is 5.32 Å². The first-order chi connectivity index (χ1) is 9.85. The molecule has 1 atom stereocenters. The third kappa shape index (κ3) is 2.81. The summed E-state index contributed by atoms with van der Waals surface area (Å²) in [5.74, 6) is 0. The van der Waals surface area contributed by atoms with E-state index in [9.17, 15) is 0 Å². The highest BCUT2D eigenvalue weighted by Gasteiger charge is 2.15. The van der Waals surface area contributed by atoms with Crippen LogP contribution < -0.4 is 10.6 Å². The third-order valence-electron chi connectivity index (χ3n) is 3.68. The van der Waals surface area contributed by atoms with Crippen molar-refractivity contribution in [2.75, 3.05) is 11.9 Å². The van der Waals surface area contributed by atoms with Gasteiger partial charge in [0.2, 0.25) is 0 Å². The molecule has 3 nitrogen and oxygen atoms in total. The summed E-state index contributed by atoms with van der Waals surface area (Å²) in [4.78, 5) is 0. The van der Waals surface area contributed by atoms with Gasteiger partial charge in [0.1, 0.15) is 0 Å². The lowest BCUT2D eigenvalue weighted by molar-refractivity contribution is 0.537. The first-order valence-corrected chi connectivity index (χ1v) is 6.89. The van der Waals surface area contributed by atoms with Gasteiger partial charge in [-0.05, 0) is 35.7 Å². The highest BCUT2D eigenvalue weighted by atomic mass is 15.0. The van der Waals surface area contributed by atoms with Gasteiger partial charge in [-0.25, -0.2) is 0 Å². The summed E-state index contributed by atoms with van der Waals surface area (Å²) in [6.45, 7) is 1.70. The zero-order valence-corrected chi connectivity index (χ0v) is 11.3. The largest absolute Gasteiger partial charge is 0.383 e. The Kier molecular flexibility index (Phi) is 3.67. The molecule has 1 heterocycles. The zero-order chi connectivity index (χ0) is 13.8. The normalized spacial score (nSPS) is 17.4. The van der Waals surface area contributed by atoms with Crippen LogP contribution in [-0.4, -0.2) is 12.6 Å². The molecule has 0 amide bonds. The number of nitriles is 1. The van der Waals surface area contributed by atoms with Crippen LogP contribution >= 0.6 is 0 Å². The predicted octanol–water partition coefficient (Wildman–Crippen LogP) is 2.68. The van der Waals surface area contributed by atoms with Crippen molar-refractivity contribution < 1.29 is 0 Å². The Morgan fingerprint density at radius 3 is 2.80 bits per heavy atom. The number of nitrogens with zero attached hydrogens (tertiary/aromatic N) is 1. The number of fused-ring (bicyclic) bond motifs is 1. The molecule has 2 N–H and O–H groups in total. The fourth-order valence-corrected chi connectivity index (χ4v) is 2.58. The molecule has 0 saturated carbocycles. The van der Waals surface area contributed by atoms with Crippen molar-refractivity contribution in [3.63, 3.8) is 0 Å². The molecular weight excluding hydrogens is 246 g/mol. The molecule has 0 unspecified atom stereocenters. The van der Waals surface area contributed by atoms with Crippen LogP contribution in [0.1, 0.15) is 16.7 Å². The van der Waals surface area contributed by atoms with Crippen LogP contribution in [0.2, 0.25) is 0 Å². The van der Waals surface area contributed by atoms with Crippen LogP contribution in [-0.2, 0) is 13.0 Å². The van der Waals surface area contributed by atoms with Crippen LogP contribution in [0.25, 0.3) is 0 Å². The van der Waals surface area contributed by atoms with Gasteiger partial charge in [0.05, 0.1) is 11.6 Å². The molecule has 3 heteroatoms. The third-order valence-corrected chi connectivity index (χ3v) is 3.68. The van der Waals surface area contributed by atoms with E-state index in [0.717, 1.165) is 25.2 Å². The van der Waals surface area contributed by atoms with Crippen molar-refractivity contribution in [3.05, 3.63) is 65.2 Å². The maximum atomic E-state index is 8.97. The number of rotatable bonds is 2. The van der Waals surface area contributed by atoms with E-state index in [4.69, 9.17) is 5.26 Å². The second-order valence-electron chi connectivity index (χ2n) is 5.13. The van der Waals surface area contributed by atoms with Gasteiger partial charge in [-0.15, -0.1) is 0 Å². The van der Waals surface area contributed by atoms with E-state index in [-0.39, 0.29) is 0 Å². The lowest BCUT2D eigenvalue weighted by Gasteiger charge is -2.15. The molecule has 2 aromatic rings. The van der Waals surface area contributed by atoms with E-state index in [1.54, 1.807) is 0 Å². The molecule has 3 rings (SSSR count). The molecule has 0 saturated heterocycles. The SMILES string of the molecule is N#Cc1ccc2c(c1)CN[C@@H](Cc1ccccc1)CN2. The van der Waals surface area contributed by atoms with Crippen molar-refractivity contribution >= 4 is 5.69 Å². The van der Waals surface area contributed by atoms with E-state index in [1.807, 2.05) is 24.3 Å². The Balaban J connectivity index is 1.71. The smallest absolute Gasteiger partial charge is 0.0991 e. The fourth-order valence-electron chi connectivity index (χ4n) is 2.58. The van der Waals surface area contributed by atoms with E-state index >= 15 is 0 Å². The van der Waals surface area contributed by atoms with Gasteiger partial charge in [0.15, 0.2) is 0 Å². The minimum absolute atomic E-state index is 0.398. The summed E-state index contributed by atoms with van der Waals surface area (Å²) in [6, 6.07) is 18.9. The fraction of sp³-hybridized carbons (Fsp3) is 0.235. The van der Waals surface area contributed by atoms with E-state index in [0.29, 0.717) is 11.6 Å². The maximum Gasteiger partial charge on any atom is 0.0991 e. The average Bonchev–Trinajstić information content (AvgIpc) is 2.70. The number of anilines is 1. The molecule has 1 aliphatic heterocycles. The molecule has 100 valence electrons. The lowest BCUT2D eigenvalue weighted by Crippen LogP contribution is -2.34. The van der Waals surface area contributed by atoms with Crippen molar-refractivity contribution in [2.24, 2.45) is 0 Å². The molecule has 20 heavy (non-hydrogen) atoms. The quantitative estimate of drug-likeness (QED) is 0.875. The molecular formula is C17H17N3. The minimum Gasteiger partial charge on any atom is -0.383 e. The molecule has 0 spiro atoms. The van der Waals surface area contributed by atoms with E-state index < -0.39 is 0 Å². The molecule has 0 radical (unpaired) electrons. The summed E-state index contributed by atoms with van der Waals surface area (Å²) < 4.78 is 0. The number of benzene rings is 2. The zero-order valence-electron chi connectivity index (χ0n) is 11.3. The monoisotopic (exact) mass is 263 g/mol. The van der Waals surface area contributed by atoms with Gasteiger partial charge in [-0.2, -0.15) is 5.26 Å². The van der Waals surface area contributed by atoms with E-state index in [1.165, 1.54) is 11.1 Å². The van der Waals surface area contributed by atoms with Gasteiger partial charge >= 0.3 is 0 Å². The van der Waals surface area contributed by atoms with Gasteiger partial charge < -0.3 is 10.6 Å². The van der Waals surface area contributed by atoms with Crippen molar-refractivity contribution in [3.8, 4) is 6.07 Å². The summed E-state index contributed by atoms with van der Waals surface area (Å²) in [7, 11) is 0. The Morgan fingerprint density at radius 2 is 2.00 bits per heavy atom. The molecule has 0 aliphatic carbocycles. The highest BCUT2D eigenvalue weighted by Crippen LogP contribution is 2.20. The standard InChI is InChI=1S/C17H17N3/c18-10-14-6-7-17-15(8-14)11-19-16(12-20-17)9-13-4-2-1-3-5-13/h1-8,16,19-20H,9,11-12H2/t16-/m0/s1. The number of nitrogens with one attached hydrogen (secondary N) is 2. The Morgan fingerprint density at radius 1 is 1.15 bits per heavy atom. The lowest BCUT2D eigenvalue weighted by atomic mass is 10.1. The summed E-state index contributed by atoms with van der Waals surface area (Å²) in [6.07, 6.45) is 1.01. The van der Waals surface area contributed by atoms with Gasteiger partial charge in [0.25, 0.3) is 0 Å². The van der Waals surface area contributed by atoms with Crippen molar-refractivity contribution in [2.45, 2.75) is 19.0 Å². The molecule has 0 fully saturated rings. The summed E-state index contributed by atoms with van der Waals surface area (Å²) in [5, 5.41) is 16.0. The number of hydrogen-bond acceptors (Lipinski definition) is 3. The second kappa shape index (κ2) is 5.77. The van der Waals surface area contributed by atoms with Gasteiger partial charge in [-0.1, -0.05) is 30.3 Å². The van der Waals surface area contributed by atoms with Crippen molar-refractivity contribution in [1.29, 1.82) is 5.26 Å². The summed E-state index contributed by atoms with van der Waals surface area (Å²) >= 11 is 0. The van der Waals surface area contributed by atoms with Crippen LogP contribution in [0.5, 0.6) is 0 Å². The van der Waals surface area contributed by atoms with Crippen LogP contribution in [0.3, 0.4) is 0 Å². The van der Waals surface area contributed by atoms with E-state index in [2.05, 4.69) is 41.0 Å². The second-order valence-corrected chi connectivity index (χ2v) is 5.13. The Hall–Kier alpha value is -2.31.